The van der Waals surface area contributed by atoms with E-state index in [0.717, 1.165) is 44.1 Å². The van der Waals surface area contributed by atoms with Crippen LogP contribution in [0.2, 0.25) is 0 Å². The van der Waals surface area contributed by atoms with Gasteiger partial charge in [-0.15, -0.1) is 0 Å². The fourth-order valence-corrected chi connectivity index (χ4v) is 7.35. The summed E-state index contributed by atoms with van der Waals surface area (Å²) in [6.45, 7) is 4.84. The second kappa shape index (κ2) is 15.0. The Balaban J connectivity index is 1.56. The minimum Gasteiger partial charge on any atom is -0.390 e. The lowest BCUT2D eigenvalue weighted by Gasteiger charge is -2.33. The Labute approximate surface area is 261 Å². The number of hydrogen-bond donors (Lipinski definition) is 5. The molecule has 2 saturated carbocycles. The van der Waals surface area contributed by atoms with Gasteiger partial charge in [0.25, 0.3) is 0 Å². The minimum atomic E-state index is -3.67. The van der Waals surface area contributed by atoms with Gasteiger partial charge in [0.2, 0.25) is 11.8 Å². The summed E-state index contributed by atoms with van der Waals surface area (Å²) in [4.78, 5) is 34.9. The van der Waals surface area contributed by atoms with Gasteiger partial charge >= 0.3 is 0 Å². The van der Waals surface area contributed by atoms with Crippen molar-refractivity contribution in [2.24, 2.45) is 17.8 Å². The highest BCUT2D eigenvalue weighted by molar-refractivity contribution is 7.92. The maximum Gasteiger partial charge on any atom is 0.243 e. The first kappa shape index (κ1) is 34.1. The first-order valence-corrected chi connectivity index (χ1v) is 17.7. The van der Waals surface area contributed by atoms with Crippen molar-refractivity contribution in [2.45, 2.75) is 114 Å². The van der Waals surface area contributed by atoms with Crippen molar-refractivity contribution < 1.29 is 28.2 Å². The predicted molar refractivity (Wildman–Crippen MR) is 169 cm³/mol. The van der Waals surface area contributed by atoms with E-state index in [2.05, 4.69) is 20.6 Å². The number of nitrogens with one attached hydrogen (secondary N) is 3. The maximum atomic E-state index is 13.9. The zero-order chi connectivity index (χ0) is 31.9. The molecule has 4 rings (SSSR count). The molecule has 244 valence electrons. The fourth-order valence-electron chi connectivity index (χ4n) is 6.05. The van der Waals surface area contributed by atoms with Crippen LogP contribution < -0.4 is 10.6 Å². The fraction of sp³-hybridized carbons (Fsp3) is 0.667. The van der Waals surface area contributed by atoms with E-state index in [4.69, 9.17) is 0 Å². The summed E-state index contributed by atoms with van der Waals surface area (Å²) in [5.41, 5.74) is 1.37. The third kappa shape index (κ3) is 9.62. The molecule has 1 aromatic carbocycles. The molecule has 0 spiro atoms. The molecular weight excluding hydrogens is 580 g/mol. The summed E-state index contributed by atoms with van der Waals surface area (Å²) >= 11 is 0. The molecule has 0 aliphatic heterocycles. The number of carbonyl (C=O) groups excluding carboxylic acids is 2. The molecule has 0 bridgehead atoms. The molecular formula is C33H50N4O6S. The van der Waals surface area contributed by atoms with Crippen LogP contribution in [-0.4, -0.2) is 75.2 Å². The molecule has 5 N–H and O–H groups in total. The van der Waals surface area contributed by atoms with Crippen molar-refractivity contribution >= 4 is 21.7 Å². The van der Waals surface area contributed by atoms with Crippen molar-refractivity contribution in [3.8, 4) is 0 Å². The van der Waals surface area contributed by atoms with Gasteiger partial charge in [0.1, 0.15) is 12.1 Å². The number of imidazole rings is 1. The van der Waals surface area contributed by atoms with E-state index in [1.165, 1.54) is 12.7 Å². The molecule has 2 aliphatic carbocycles. The van der Waals surface area contributed by atoms with Crippen molar-refractivity contribution in [1.82, 2.24) is 20.6 Å². The number of benzene rings is 1. The summed E-state index contributed by atoms with van der Waals surface area (Å²) in [6.07, 6.45) is 8.97. The third-order valence-electron chi connectivity index (χ3n) is 9.16. The second-order valence-corrected chi connectivity index (χ2v) is 16.6. The molecule has 2 amide bonds. The first-order valence-electron chi connectivity index (χ1n) is 16.0. The summed E-state index contributed by atoms with van der Waals surface area (Å²) in [6, 6.07) is 7.48. The lowest BCUT2D eigenvalue weighted by molar-refractivity contribution is -0.132. The quantitative estimate of drug-likeness (QED) is 0.202. The van der Waals surface area contributed by atoms with Gasteiger partial charge in [0, 0.05) is 12.6 Å². The van der Waals surface area contributed by atoms with Crippen LogP contribution in [0, 0.1) is 17.8 Å². The van der Waals surface area contributed by atoms with E-state index in [0.29, 0.717) is 18.0 Å². The smallest absolute Gasteiger partial charge is 0.243 e. The minimum absolute atomic E-state index is 0.0267. The number of aliphatic hydroxyl groups is 2. The molecule has 10 nitrogen and oxygen atoms in total. The number of amides is 2. The summed E-state index contributed by atoms with van der Waals surface area (Å²) in [5, 5.41) is 27.8. The van der Waals surface area contributed by atoms with E-state index in [-0.39, 0.29) is 24.5 Å². The number of aliphatic hydroxyl groups excluding tert-OH is 2. The molecule has 2 fully saturated rings. The molecule has 1 aromatic heterocycles. The van der Waals surface area contributed by atoms with Gasteiger partial charge in [-0.1, -0.05) is 62.4 Å². The normalized spacial score (nSPS) is 19.8. The Hall–Kier alpha value is -2.76. The highest BCUT2D eigenvalue weighted by Gasteiger charge is 2.41. The van der Waals surface area contributed by atoms with Crippen LogP contribution in [-0.2, 0) is 32.3 Å². The Bertz CT molecular complexity index is 1300. The highest BCUT2D eigenvalue weighted by atomic mass is 32.2. The largest absolute Gasteiger partial charge is 0.390 e. The van der Waals surface area contributed by atoms with Gasteiger partial charge in [0.05, 0.1) is 40.6 Å². The maximum absolute atomic E-state index is 13.9. The number of sulfone groups is 1. The molecule has 2 aromatic rings. The van der Waals surface area contributed by atoms with Crippen LogP contribution >= 0.6 is 0 Å². The molecule has 0 radical (unpaired) electrons. The van der Waals surface area contributed by atoms with Gasteiger partial charge in [0.15, 0.2) is 9.84 Å². The molecule has 11 heteroatoms. The standard InChI is InChI=1S/C33H50N4O6S/c1-33(2,3)44(42,43)20-25(16-22-10-6-4-7-11-22)31(40)37-28(18-26-19-34-21-35-26)32(41)36-27(17-23-12-8-5-9-13-23)30(39)29(38)24-14-15-24/h4,6-7,10-11,19,21,23-25,27-30,38-39H,5,8-9,12-18,20H2,1-3H3,(H,34,35)(H,36,41)(H,37,40)/t25-,27+,28-,29+,30-/m0/s1. The highest BCUT2D eigenvalue weighted by Crippen LogP contribution is 2.36. The molecule has 44 heavy (non-hydrogen) atoms. The number of rotatable bonds is 15. The van der Waals surface area contributed by atoms with Crippen LogP contribution in [0.5, 0.6) is 0 Å². The van der Waals surface area contributed by atoms with Gasteiger partial charge in [-0.3, -0.25) is 9.59 Å². The second-order valence-electron chi connectivity index (χ2n) is 13.8. The third-order valence-corrected chi connectivity index (χ3v) is 11.9. The van der Waals surface area contributed by atoms with Crippen LogP contribution in [0.15, 0.2) is 42.9 Å². The van der Waals surface area contributed by atoms with E-state index in [1.54, 1.807) is 27.0 Å². The van der Waals surface area contributed by atoms with Gasteiger partial charge in [-0.2, -0.15) is 0 Å². The number of carbonyl (C=O) groups is 2. The van der Waals surface area contributed by atoms with Gasteiger partial charge in [-0.25, -0.2) is 13.4 Å². The van der Waals surface area contributed by atoms with Crippen molar-refractivity contribution in [3.05, 3.63) is 54.1 Å². The first-order chi connectivity index (χ1) is 20.8. The average molecular weight is 631 g/mol. The Morgan fingerprint density at radius 2 is 1.66 bits per heavy atom. The van der Waals surface area contributed by atoms with Crippen molar-refractivity contribution in [2.75, 3.05) is 5.75 Å². The van der Waals surface area contributed by atoms with Crippen LogP contribution in [0.1, 0.15) is 83.4 Å². The number of aromatic amines is 1. The van der Waals surface area contributed by atoms with E-state index < -0.39 is 56.6 Å². The van der Waals surface area contributed by atoms with Crippen molar-refractivity contribution in [1.29, 1.82) is 0 Å². The number of aromatic nitrogens is 2. The van der Waals surface area contributed by atoms with Crippen LogP contribution in [0.3, 0.4) is 0 Å². The number of hydrogen-bond acceptors (Lipinski definition) is 7. The zero-order valence-electron chi connectivity index (χ0n) is 26.2. The predicted octanol–water partition coefficient (Wildman–Crippen LogP) is 3.10. The van der Waals surface area contributed by atoms with E-state index in [1.807, 2.05) is 30.3 Å². The summed E-state index contributed by atoms with van der Waals surface area (Å²) < 4.78 is 25.4. The van der Waals surface area contributed by atoms with E-state index in [9.17, 15) is 28.2 Å². The van der Waals surface area contributed by atoms with Gasteiger partial charge in [-0.05, 0) is 63.9 Å². The molecule has 0 saturated heterocycles. The number of nitrogens with zero attached hydrogens (tertiary/aromatic N) is 1. The Morgan fingerprint density at radius 1 is 0.977 bits per heavy atom. The topological polar surface area (TPSA) is 161 Å². The molecule has 5 atom stereocenters. The van der Waals surface area contributed by atoms with E-state index >= 15 is 0 Å². The summed E-state index contributed by atoms with van der Waals surface area (Å²) in [7, 11) is -3.67. The lowest BCUT2D eigenvalue weighted by atomic mass is 9.82. The SMILES string of the molecule is CC(C)(C)S(=O)(=O)C[C@H](Cc1ccccc1)C(=O)N[C@@H](Cc1c[nH]cn1)C(=O)N[C@H](CC1CCCCC1)[C@H](O)[C@H](O)C1CC1. The summed E-state index contributed by atoms with van der Waals surface area (Å²) in [5.74, 6) is -1.99. The van der Waals surface area contributed by atoms with Gasteiger partial charge < -0.3 is 25.8 Å². The van der Waals surface area contributed by atoms with Crippen molar-refractivity contribution in [3.63, 3.8) is 0 Å². The molecule has 0 unspecified atom stereocenters. The Kier molecular flexibility index (Phi) is 11.6. The monoisotopic (exact) mass is 630 g/mol. The molecule has 1 heterocycles. The van der Waals surface area contributed by atoms with Crippen LogP contribution in [0.25, 0.3) is 0 Å². The number of H-pyrrole nitrogens is 1. The van der Waals surface area contributed by atoms with Crippen LogP contribution in [0.4, 0.5) is 0 Å². The average Bonchev–Trinajstić information content (AvgIpc) is 3.71. The zero-order valence-corrected chi connectivity index (χ0v) is 27.1. The lowest BCUT2D eigenvalue weighted by Crippen LogP contribution is -2.57. The molecule has 2 aliphatic rings. The Morgan fingerprint density at radius 3 is 2.25 bits per heavy atom.